The van der Waals surface area contributed by atoms with Crippen LogP contribution in [0.3, 0.4) is 0 Å². The molecule has 104 valence electrons. The minimum Gasteiger partial charge on any atom is -0.497 e. The third kappa shape index (κ3) is 1.87. The second-order valence-electron chi connectivity index (χ2n) is 5.85. The molecule has 3 atom stereocenters. The van der Waals surface area contributed by atoms with Crippen LogP contribution in [0.1, 0.15) is 18.9 Å². The molecule has 3 nitrogen and oxygen atoms in total. The fourth-order valence-corrected chi connectivity index (χ4v) is 3.98. The molecule has 0 N–H and O–H groups in total. The summed E-state index contributed by atoms with van der Waals surface area (Å²) in [5.74, 6) is 1.67. The fourth-order valence-electron chi connectivity index (χ4n) is 3.98. The fraction of sp³-hybridized carbons (Fsp3) is 0.625. The Labute approximate surface area is 115 Å². The Kier molecular flexibility index (Phi) is 3.27. The molecule has 0 radical (unpaired) electrons. The molecule has 0 amide bonds. The predicted molar refractivity (Wildman–Crippen MR) is 75.7 cm³/mol. The van der Waals surface area contributed by atoms with Crippen LogP contribution < -0.4 is 4.74 Å². The number of ether oxygens (including phenoxy) is 2. The molecule has 1 aromatic rings. The van der Waals surface area contributed by atoms with Crippen molar-refractivity contribution in [2.24, 2.45) is 5.92 Å². The minimum atomic E-state index is 0.180. The minimum absolute atomic E-state index is 0.180. The second-order valence-corrected chi connectivity index (χ2v) is 5.85. The largest absolute Gasteiger partial charge is 0.497 e. The van der Waals surface area contributed by atoms with Gasteiger partial charge >= 0.3 is 0 Å². The number of likely N-dealkylation sites (tertiary alicyclic amines) is 1. The van der Waals surface area contributed by atoms with E-state index in [9.17, 15) is 0 Å². The van der Waals surface area contributed by atoms with Gasteiger partial charge in [0, 0.05) is 25.1 Å². The number of methoxy groups -OCH3 is 1. The summed E-state index contributed by atoms with van der Waals surface area (Å²) in [5, 5.41) is 0. The zero-order chi connectivity index (χ0) is 13.5. The van der Waals surface area contributed by atoms with Crippen molar-refractivity contribution < 1.29 is 9.47 Å². The van der Waals surface area contributed by atoms with Gasteiger partial charge in [-0.05, 0) is 44.0 Å². The highest BCUT2D eigenvalue weighted by Gasteiger charge is 2.60. The molecule has 2 aliphatic rings. The second kappa shape index (κ2) is 4.80. The SMILES string of the molecule is CCO[C@@H]1CC2CN(C)C[C@@]21c1cccc(OC)c1. The molecule has 1 heterocycles. The molecule has 19 heavy (non-hydrogen) atoms. The Morgan fingerprint density at radius 3 is 2.95 bits per heavy atom. The molecule has 3 rings (SSSR count). The van der Waals surface area contributed by atoms with Gasteiger partial charge in [0.25, 0.3) is 0 Å². The van der Waals surface area contributed by atoms with Gasteiger partial charge in [0.05, 0.1) is 13.2 Å². The Bertz CT molecular complexity index is 462. The average Bonchev–Trinajstić information content (AvgIpc) is 2.69. The first-order valence-corrected chi connectivity index (χ1v) is 7.15. The summed E-state index contributed by atoms with van der Waals surface area (Å²) in [6.45, 7) is 5.16. The van der Waals surface area contributed by atoms with Crippen LogP contribution in [-0.4, -0.2) is 44.9 Å². The van der Waals surface area contributed by atoms with E-state index in [-0.39, 0.29) is 5.41 Å². The predicted octanol–water partition coefficient (Wildman–Crippen LogP) is 2.30. The highest BCUT2D eigenvalue weighted by Crippen LogP contribution is 2.55. The van der Waals surface area contributed by atoms with E-state index in [1.807, 2.05) is 6.07 Å². The first-order valence-electron chi connectivity index (χ1n) is 7.15. The molecule has 3 heteroatoms. The molecule has 1 aliphatic carbocycles. The van der Waals surface area contributed by atoms with Crippen LogP contribution in [0, 0.1) is 5.92 Å². The van der Waals surface area contributed by atoms with Crippen LogP contribution in [0.5, 0.6) is 5.75 Å². The van der Waals surface area contributed by atoms with Crippen molar-refractivity contribution in [2.75, 3.05) is 33.9 Å². The normalized spacial score (nSPS) is 33.8. The smallest absolute Gasteiger partial charge is 0.119 e. The molecule has 0 aromatic heterocycles. The van der Waals surface area contributed by atoms with Gasteiger partial charge in [0.1, 0.15) is 5.75 Å². The summed E-state index contributed by atoms with van der Waals surface area (Å²) < 4.78 is 11.4. The summed E-state index contributed by atoms with van der Waals surface area (Å²) in [5.41, 5.74) is 1.56. The lowest BCUT2D eigenvalue weighted by Gasteiger charge is -2.51. The van der Waals surface area contributed by atoms with Gasteiger partial charge in [0.15, 0.2) is 0 Å². The maximum absolute atomic E-state index is 6.00. The van der Waals surface area contributed by atoms with Crippen LogP contribution in [0.4, 0.5) is 0 Å². The van der Waals surface area contributed by atoms with Crippen molar-refractivity contribution in [3.63, 3.8) is 0 Å². The van der Waals surface area contributed by atoms with Gasteiger partial charge in [-0.3, -0.25) is 0 Å². The average molecular weight is 261 g/mol. The molecule has 1 aromatic carbocycles. The summed E-state index contributed by atoms with van der Waals surface area (Å²) in [4.78, 5) is 2.43. The van der Waals surface area contributed by atoms with Crippen LogP contribution in [0.25, 0.3) is 0 Å². The van der Waals surface area contributed by atoms with Crippen LogP contribution in [-0.2, 0) is 10.2 Å². The number of hydrogen-bond donors (Lipinski definition) is 0. The van der Waals surface area contributed by atoms with Gasteiger partial charge in [-0.15, -0.1) is 0 Å². The third-order valence-corrected chi connectivity index (χ3v) is 4.84. The number of benzene rings is 1. The molecule has 1 saturated carbocycles. The van der Waals surface area contributed by atoms with Crippen molar-refractivity contribution in [1.82, 2.24) is 4.90 Å². The third-order valence-electron chi connectivity index (χ3n) is 4.84. The Balaban J connectivity index is 1.97. The summed E-state index contributed by atoms with van der Waals surface area (Å²) in [7, 11) is 3.94. The van der Waals surface area contributed by atoms with Crippen molar-refractivity contribution >= 4 is 0 Å². The first kappa shape index (κ1) is 12.9. The van der Waals surface area contributed by atoms with Crippen LogP contribution in [0.2, 0.25) is 0 Å². The highest BCUT2D eigenvalue weighted by atomic mass is 16.5. The van der Waals surface area contributed by atoms with E-state index < -0.39 is 0 Å². The zero-order valence-corrected chi connectivity index (χ0v) is 12.1. The van der Waals surface area contributed by atoms with Gasteiger partial charge in [-0.2, -0.15) is 0 Å². The lowest BCUT2D eigenvalue weighted by Crippen LogP contribution is -2.57. The molecule has 1 aliphatic heterocycles. The molecule has 1 unspecified atom stereocenters. The van der Waals surface area contributed by atoms with Gasteiger partial charge in [-0.1, -0.05) is 12.1 Å². The number of likely N-dealkylation sites (N-methyl/N-ethyl adjacent to an activating group) is 1. The standard InChI is InChI=1S/C16H23NO2/c1-4-19-15-9-13-10-17(2)11-16(13,15)12-6-5-7-14(8-12)18-3/h5-8,13,15H,4,9-11H2,1-3H3/t13?,15-,16-/m1/s1. The van der Waals surface area contributed by atoms with E-state index in [0.29, 0.717) is 6.10 Å². The van der Waals surface area contributed by atoms with E-state index in [2.05, 4.69) is 37.1 Å². The van der Waals surface area contributed by atoms with Crippen molar-refractivity contribution in [1.29, 1.82) is 0 Å². The molecule has 0 bridgehead atoms. The van der Waals surface area contributed by atoms with E-state index in [0.717, 1.165) is 24.8 Å². The number of fused-ring (bicyclic) bond motifs is 1. The maximum atomic E-state index is 6.00. The zero-order valence-electron chi connectivity index (χ0n) is 12.1. The van der Waals surface area contributed by atoms with E-state index in [1.54, 1.807) is 7.11 Å². The Morgan fingerprint density at radius 1 is 1.42 bits per heavy atom. The maximum Gasteiger partial charge on any atom is 0.119 e. The van der Waals surface area contributed by atoms with Crippen molar-refractivity contribution in [3.8, 4) is 5.75 Å². The Morgan fingerprint density at radius 2 is 2.26 bits per heavy atom. The molecule has 1 saturated heterocycles. The van der Waals surface area contributed by atoms with Crippen LogP contribution in [0.15, 0.2) is 24.3 Å². The highest BCUT2D eigenvalue weighted by molar-refractivity contribution is 5.40. The molecular weight excluding hydrogens is 238 g/mol. The topological polar surface area (TPSA) is 21.7 Å². The van der Waals surface area contributed by atoms with Crippen molar-refractivity contribution in [2.45, 2.75) is 24.9 Å². The summed E-state index contributed by atoms with van der Waals surface area (Å²) in [6.07, 6.45) is 1.55. The summed E-state index contributed by atoms with van der Waals surface area (Å²) >= 11 is 0. The molecular formula is C16H23NO2. The summed E-state index contributed by atoms with van der Waals surface area (Å²) in [6, 6.07) is 8.54. The first-order chi connectivity index (χ1) is 9.20. The quantitative estimate of drug-likeness (QED) is 0.830. The number of rotatable bonds is 4. The van der Waals surface area contributed by atoms with Crippen molar-refractivity contribution in [3.05, 3.63) is 29.8 Å². The molecule has 0 spiro atoms. The van der Waals surface area contributed by atoms with Gasteiger partial charge < -0.3 is 14.4 Å². The Hall–Kier alpha value is -1.06. The molecule has 2 fully saturated rings. The van der Waals surface area contributed by atoms with Gasteiger partial charge in [0.2, 0.25) is 0 Å². The lowest BCUT2D eigenvalue weighted by atomic mass is 9.56. The monoisotopic (exact) mass is 261 g/mol. The lowest BCUT2D eigenvalue weighted by molar-refractivity contribution is -0.0848. The van der Waals surface area contributed by atoms with E-state index >= 15 is 0 Å². The van der Waals surface area contributed by atoms with E-state index in [4.69, 9.17) is 9.47 Å². The van der Waals surface area contributed by atoms with E-state index in [1.165, 1.54) is 18.5 Å². The van der Waals surface area contributed by atoms with Crippen LogP contribution >= 0.6 is 0 Å². The number of nitrogens with zero attached hydrogens (tertiary/aromatic N) is 1. The van der Waals surface area contributed by atoms with Gasteiger partial charge in [-0.25, -0.2) is 0 Å². The number of hydrogen-bond acceptors (Lipinski definition) is 3.